The van der Waals surface area contributed by atoms with Crippen molar-refractivity contribution in [2.45, 2.75) is 57.4 Å². The third kappa shape index (κ3) is 6.43. The molecule has 0 unspecified atom stereocenters. The topological polar surface area (TPSA) is 123 Å². The molecule has 11 heteroatoms. The van der Waals surface area contributed by atoms with Gasteiger partial charge < -0.3 is 14.6 Å². The highest BCUT2D eigenvalue weighted by Crippen LogP contribution is 2.41. The Balaban J connectivity index is 1.99. The van der Waals surface area contributed by atoms with E-state index in [0.717, 1.165) is 15.5 Å². The number of amides is 2. The van der Waals surface area contributed by atoms with Crippen molar-refractivity contribution in [2.24, 2.45) is 0 Å². The normalized spacial score (nSPS) is 19.4. The van der Waals surface area contributed by atoms with Crippen LogP contribution in [0.3, 0.4) is 0 Å². The number of carboxylic acids is 1. The van der Waals surface area contributed by atoms with Crippen molar-refractivity contribution < 1.29 is 38.6 Å². The van der Waals surface area contributed by atoms with Gasteiger partial charge in [0.15, 0.2) is 5.54 Å². The maximum atomic E-state index is 13.4. The summed E-state index contributed by atoms with van der Waals surface area (Å²) >= 11 is 5.86. The molecule has 10 nitrogen and oxygen atoms in total. The lowest BCUT2D eigenvalue weighted by Gasteiger charge is -2.48. The molecule has 204 valence electrons. The molecule has 1 aliphatic heterocycles. The molecule has 2 amide bonds. The predicted octanol–water partition coefficient (Wildman–Crippen LogP) is 4.95. The number of ether oxygens (including phenoxy) is 2. The Morgan fingerprint density at radius 2 is 1.71 bits per heavy atom. The summed E-state index contributed by atoms with van der Waals surface area (Å²) < 4.78 is 10.3. The Labute approximate surface area is 226 Å². The second-order valence-corrected chi connectivity index (χ2v) is 10.2. The quantitative estimate of drug-likeness (QED) is 0.224. The second-order valence-electron chi connectivity index (χ2n) is 9.86. The lowest BCUT2D eigenvalue weighted by atomic mass is 9.79. The van der Waals surface area contributed by atoms with Crippen LogP contribution >= 0.6 is 11.6 Å². The summed E-state index contributed by atoms with van der Waals surface area (Å²) in [6.45, 7) is 4.81. The van der Waals surface area contributed by atoms with E-state index in [-0.39, 0.29) is 37.1 Å². The highest BCUT2D eigenvalue weighted by atomic mass is 35.5. The van der Waals surface area contributed by atoms with Gasteiger partial charge in [-0.3, -0.25) is 14.5 Å². The molecule has 0 bridgehead atoms. The number of carbonyl (C=O) groups excluding carboxylic acids is 3. The van der Waals surface area contributed by atoms with E-state index in [1.54, 1.807) is 20.8 Å². The molecule has 1 saturated heterocycles. The van der Waals surface area contributed by atoms with Crippen molar-refractivity contribution in [1.29, 1.82) is 0 Å². The van der Waals surface area contributed by atoms with Crippen LogP contribution < -0.4 is 0 Å². The number of hydrogen-bond acceptors (Lipinski definition) is 7. The molecule has 0 radical (unpaired) electrons. The Morgan fingerprint density at radius 1 is 1.08 bits per heavy atom. The van der Waals surface area contributed by atoms with Crippen molar-refractivity contribution in [2.75, 3.05) is 13.7 Å². The standard InChI is InChI=1S/C27H31ClN2O8/c1-26(2,3)38-25(35)29-16-21(30(24(28)34)37-17-18-8-6-5-7-9-18)14-15-27(29,23(32)33)20-12-10-19(11-13-20)22(31)36-4/h5-13,21H,14-17H2,1-4H3,(H,32,33)/t21-,27+/m1/s1. The molecule has 3 rings (SSSR count). The molecule has 0 spiro atoms. The number of methoxy groups -OCH3 is 1. The molecule has 2 aromatic rings. The van der Waals surface area contributed by atoms with Gasteiger partial charge in [0.1, 0.15) is 12.2 Å². The van der Waals surface area contributed by atoms with Crippen LogP contribution in [0.25, 0.3) is 0 Å². The molecular weight excluding hydrogens is 516 g/mol. The number of aliphatic carboxylic acids is 1. The molecule has 0 aromatic heterocycles. The predicted molar refractivity (Wildman–Crippen MR) is 137 cm³/mol. The van der Waals surface area contributed by atoms with Crippen LogP contribution in [-0.4, -0.2) is 63.8 Å². The van der Waals surface area contributed by atoms with Crippen molar-refractivity contribution in [1.82, 2.24) is 9.96 Å². The molecule has 1 heterocycles. The molecule has 2 atom stereocenters. The minimum Gasteiger partial charge on any atom is -0.479 e. The third-order valence-corrected chi connectivity index (χ3v) is 6.33. The highest BCUT2D eigenvalue weighted by Gasteiger charge is 2.54. The Hall–Kier alpha value is -3.63. The number of carboxylic acid groups (broad SMARTS) is 1. The van der Waals surface area contributed by atoms with Gasteiger partial charge in [-0.05, 0) is 68.5 Å². The van der Waals surface area contributed by atoms with Crippen LogP contribution in [0.4, 0.5) is 9.59 Å². The van der Waals surface area contributed by atoms with Gasteiger partial charge in [0.2, 0.25) is 0 Å². The highest BCUT2D eigenvalue weighted by molar-refractivity contribution is 6.62. The van der Waals surface area contributed by atoms with Crippen LogP contribution in [0, 0.1) is 0 Å². The third-order valence-electron chi connectivity index (χ3n) is 6.16. The van der Waals surface area contributed by atoms with Gasteiger partial charge in [0.05, 0.1) is 18.7 Å². The number of likely N-dealkylation sites (tertiary alicyclic amines) is 1. The van der Waals surface area contributed by atoms with Gasteiger partial charge >= 0.3 is 23.4 Å². The Kier molecular flexibility index (Phi) is 9.01. The maximum Gasteiger partial charge on any atom is 0.411 e. The van der Waals surface area contributed by atoms with E-state index in [1.165, 1.54) is 31.4 Å². The molecular formula is C27H31ClN2O8. The minimum atomic E-state index is -1.84. The van der Waals surface area contributed by atoms with Gasteiger partial charge in [0.25, 0.3) is 0 Å². The zero-order valence-electron chi connectivity index (χ0n) is 21.7. The first-order valence-corrected chi connectivity index (χ1v) is 12.3. The van der Waals surface area contributed by atoms with E-state index in [2.05, 4.69) is 0 Å². The Morgan fingerprint density at radius 3 is 2.24 bits per heavy atom. The zero-order valence-corrected chi connectivity index (χ0v) is 22.4. The van der Waals surface area contributed by atoms with Crippen molar-refractivity contribution in [3.8, 4) is 0 Å². The van der Waals surface area contributed by atoms with Crippen LogP contribution in [0.15, 0.2) is 54.6 Å². The van der Waals surface area contributed by atoms with Crippen molar-refractivity contribution >= 4 is 35.0 Å². The minimum absolute atomic E-state index is 0.0430. The fraction of sp³-hybridized carbons (Fsp3) is 0.407. The smallest absolute Gasteiger partial charge is 0.411 e. The summed E-state index contributed by atoms with van der Waals surface area (Å²) in [4.78, 5) is 57.4. The molecule has 0 aliphatic carbocycles. The molecule has 1 fully saturated rings. The first-order chi connectivity index (χ1) is 17.9. The van der Waals surface area contributed by atoms with Gasteiger partial charge in [-0.15, -0.1) is 0 Å². The van der Waals surface area contributed by atoms with Crippen LogP contribution in [0.1, 0.15) is 55.1 Å². The fourth-order valence-electron chi connectivity index (χ4n) is 4.37. The number of hydrogen-bond donors (Lipinski definition) is 1. The number of esters is 1. The number of rotatable bonds is 7. The summed E-state index contributed by atoms with van der Waals surface area (Å²) in [5.74, 6) is -1.87. The largest absolute Gasteiger partial charge is 0.479 e. The van der Waals surface area contributed by atoms with Crippen LogP contribution in [-0.2, 0) is 31.3 Å². The number of halogens is 1. The number of nitrogens with zero attached hydrogens (tertiary/aromatic N) is 2. The van der Waals surface area contributed by atoms with E-state index in [0.29, 0.717) is 0 Å². The number of benzene rings is 2. The molecule has 38 heavy (non-hydrogen) atoms. The summed E-state index contributed by atoms with van der Waals surface area (Å²) in [7, 11) is 1.24. The number of piperidine rings is 1. The summed E-state index contributed by atoms with van der Waals surface area (Å²) in [6, 6.07) is 14.2. The molecule has 1 aliphatic rings. The van der Waals surface area contributed by atoms with E-state index in [1.807, 2.05) is 30.3 Å². The van der Waals surface area contributed by atoms with Gasteiger partial charge in [-0.1, -0.05) is 42.5 Å². The molecule has 0 saturated carbocycles. The SMILES string of the molecule is COC(=O)c1ccc([C@]2(C(=O)O)CC[C@@H](N(OCc3ccccc3)C(=O)Cl)CN2C(=O)OC(C)(C)C)cc1. The van der Waals surface area contributed by atoms with Crippen LogP contribution in [0.2, 0.25) is 0 Å². The van der Waals surface area contributed by atoms with Gasteiger partial charge in [0, 0.05) is 6.54 Å². The van der Waals surface area contributed by atoms with E-state index >= 15 is 0 Å². The molecule has 1 N–H and O–H groups in total. The van der Waals surface area contributed by atoms with Gasteiger partial charge in [-0.2, -0.15) is 0 Å². The first kappa shape index (κ1) is 28.9. The monoisotopic (exact) mass is 546 g/mol. The average Bonchev–Trinajstić information content (AvgIpc) is 2.87. The second kappa shape index (κ2) is 11.8. The Bertz CT molecular complexity index is 1170. The fourth-order valence-corrected chi connectivity index (χ4v) is 4.56. The summed E-state index contributed by atoms with van der Waals surface area (Å²) in [5, 5.41) is 10.6. The van der Waals surface area contributed by atoms with Gasteiger partial charge in [-0.25, -0.2) is 19.4 Å². The lowest BCUT2D eigenvalue weighted by molar-refractivity contribution is -0.177. The van der Waals surface area contributed by atoms with Crippen molar-refractivity contribution in [3.63, 3.8) is 0 Å². The number of carbonyl (C=O) groups is 4. The van der Waals surface area contributed by atoms with E-state index < -0.39 is 40.6 Å². The summed E-state index contributed by atoms with van der Waals surface area (Å²) in [6.07, 6.45) is -0.816. The maximum absolute atomic E-state index is 13.4. The number of hydroxylamine groups is 2. The lowest BCUT2D eigenvalue weighted by Crippen LogP contribution is -2.63. The molecule has 2 aromatic carbocycles. The average molecular weight is 547 g/mol. The van der Waals surface area contributed by atoms with E-state index in [4.69, 9.17) is 25.9 Å². The van der Waals surface area contributed by atoms with E-state index in [9.17, 15) is 24.3 Å². The van der Waals surface area contributed by atoms with Crippen LogP contribution in [0.5, 0.6) is 0 Å². The van der Waals surface area contributed by atoms with Crippen molar-refractivity contribution in [3.05, 3.63) is 71.3 Å². The first-order valence-electron chi connectivity index (χ1n) is 12.0. The summed E-state index contributed by atoms with van der Waals surface area (Å²) in [5.41, 5.74) is -1.48. The zero-order chi connectivity index (χ0) is 28.1.